The Bertz CT molecular complexity index is 437. The number of nitrogens with zero attached hydrogens (tertiary/aromatic N) is 1. The predicted octanol–water partition coefficient (Wildman–Crippen LogP) is 5.02. The second kappa shape index (κ2) is 6.72. The van der Waals surface area contributed by atoms with Crippen molar-refractivity contribution >= 4 is 11.4 Å². The lowest BCUT2D eigenvalue weighted by Crippen LogP contribution is -2.28. The Labute approximate surface area is 130 Å². The van der Waals surface area contributed by atoms with Crippen LogP contribution in [0.1, 0.15) is 46.5 Å². The molecule has 1 N–H and O–H groups in total. The lowest BCUT2D eigenvalue weighted by Gasteiger charge is -2.37. The van der Waals surface area contributed by atoms with Gasteiger partial charge in [-0.25, -0.2) is 0 Å². The highest BCUT2D eigenvalue weighted by atomic mass is 15.1. The van der Waals surface area contributed by atoms with E-state index in [4.69, 9.17) is 0 Å². The Morgan fingerprint density at radius 2 is 1.76 bits per heavy atom. The summed E-state index contributed by atoms with van der Waals surface area (Å²) in [4.78, 5) is 2.15. The summed E-state index contributed by atoms with van der Waals surface area (Å²) in [6.07, 6.45) is 5.55. The smallest absolute Gasteiger partial charge is 0.0381 e. The maximum atomic E-state index is 3.64. The second-order valence-corrected chi connectivity index (χ2v) is 7.91. The van der Waals surface area contributed by atoms with E-state index in [1.54, 1.807) is 0 Å². The quantitative estimate of drug-likeness (QED) is 0.837. The molecule has 1 aromatic rings. The monoisotopic (exact) mass is 288 g/mol. The van der Waals surface area contributed by atoms with Gasteiger partial charge in [0.05, 0.1) is 0 Å². The summed E-state index contributed by atoms with van der Waals surface area (Å²) < 4.78 is 0. The van der Waals surface area contributed by atoms with Gasteiger partial charge in [0.1, 0.15) is 0 Å². The van der Waals surface area contributed by atoms with Gasteiger partial charge in [-0.2, -0.15) is 0 Å². The van der Waals surface area contributed by atoms with E-state index in [9.17, 15) is 0 Å². The van der Waals surface area contributed by atoms with Crippen molar-refractivity contribution in [1.29, 1.82) is 0 Å². The van der Waals surface area contributed by atoms with Crippen molar-refractivity contribution in [3.63, 3.8) is 0 Å². The molecule has 0 aliphatic heterocycles. The maximum Gasteiger partial charge on any atom is 0.0381 e. The number of rotatable bonds is 4. The minimum Gasteiger partial charge on any atom is -0.385 e. The summed E-state index contributed by atoms with van der Waals surface area (Å²) in [6.45, 7) is 8.29. The largest absolute Gasteiger partial charge is 0.385 e. The van der Waals surface area contributed by atoms with E-state index >= 15 is 0 Å². The molecule has 1 fully saturated rings. The third kappa shape index (κ3) is 4.66. The van der Waals surface area contributed by atoms with Gasteiger partial charge in [-0.15, -0.1) is 0 Å². The van der Waals surface area contributed by atoms with Crippen LogP contribution < -0.4 is 10.2 Å². The minimum atomic E-state index is 0.485. The van der Waals surface area contributed by atoms with Gasteiger partial charge >= 0.3 is 0 Å². The van der Waals surface area contributed by atoms with E-state index in [-0.39, 0.29) is 0 Å². The molecule has 1 aromatic carbocycles. The number of anilines is 2. The van der Waals surface area contributed by atoms with Crippen LogP contribution in [0.4, 0.5) is 11.4 Å². The topological polar surface area (TPSA) is 15.3 Å². The van der Waals surface area contributed by atoms with Crippen LogP contribution in [0, 0.1) is 17.3 Å². The van der Waals surface area contributed by atoms with Crippen molar-refractivity contribution in [2.45, 2.75) is 46.5 Å². The highest BCUT2D eigenvalue weighted by molar-refractivity contribution is 5.57. The Kier molecular flexibility index (Phi) is 5.18. The van der Waals surface area contributed by atoms with Crippen LogP contribution in [0.25, 0.3) is 0 Å². The summed E-state index contributed by atoms with van der Waals surface area (Å²) in [5.41, 5.74) is 2.99. The number of hydrogen-bond acceptors (Lipinski definition) is 2. The van der Waals surface area contributed by atoms with Gasteiger partial charge in [-0.3, -0.25) is 0 Å². The van der Waals surface area contributed by atoms with E-state index in [0.29, 0.717) is 5.41 Å². The van der Waals surface area contributed by atoms with Crippen LogP contribution in [0.3, 0.4) is 0 Å². The molecule has 0 saturated heterocycles. The molecular formula is C19H32N2. The molecule has 0 bridgehead atoms. The molecule has 1 saturated carbocycles. The number of benzene rings is 1. The van der Waals surface area contributed by atoms with Crippen molar-refractivity contribution in [2.75, 3.05) is 30.9 Å². The molecule has 1 aliphatic carbocycles. The fraction of sp³-hybridized carbons (Fsp3) is 0.684. The van der Waals surface area contributed by atoms with Crippen LogP contribution in [-0.4, -0.2) is 20.6 Å². The molecule has 0 atom stereocenters. The third-order valence-corrected chi connectivity index (χ3v) is 5.03. The van der Waals surface area contributed by atoms with Gasteiger partial charge in [0.15, 0.2) is 0 Å². The minimum absolute atomic E-state index is 0.485. The zero-order chi connectivity index (χ0) is 15.5. The summed E-state index contributed by atoms with van der Waals surface area (Å²) >= 11 is 0. The van der Waals surface area contributed by atoms with Crippen molar-refractivity contribution in [2.24, 2.45) is 17.3 Å². The molecule has 2 heteroatoms. The molecule has 0 radical (unpaired) electrons. The Morgan fingerprint density at radius 1 is 1.10 bits per heavy atom. The number of nitrogens with one attached hydrogen (secondary N) is 1. The lowest BCUT2D eigenvalue weighted by molar-refractivity contribution is 0.153. The standard InChI is InChI=1S/C19H32N2/c1-19(2,3)16-11-9-15(10-12-16)14-20-17-7-6-8-18(13-17)21(4)5/h6-8,13,15-16,20H,9-12,14H2,1-5H3. The fourth-order valence-electron chi connectivity index (χ4n) is 3.39. The van der Waals surface area contributed by atoms with Gasteiger partial charge < -0.3 is 10.2 Å². The van der Waals surface area contributed by atoms with Crippen molar-refractivity contribution in [3.05, 3.63) is 24.3 Å². The van der Waals surface area contributed by atoms with E-state index in [0.717, 1.165) is 18.4 Å². The first-order chi connectivity index (χ1) is 9.86. The van der Waals surface area contributed by atoms with E-state index in [2.05, 4.69) is 69.3 Å². The molecule has 0 heterocycles. The zero-order valence-corrected chi connectivity index (χ0v) is 14.4. The highest BCUT2D eigenvalue weighted by Gasteiger charge is 2.29. The number of hydrogen-bond donors (Lipinski definition) is 1. The first-order valence-electron chi connectivity index (χ1n) is 8.37. The van der Waals surface area contributed by atoms with Gasteiger partial charge in [-0.05, 0) is 61.1 Å². The van der Waals surface area contributed by atoms with Gasteiger partial charge in [-0.1, -0.05) is 26.8 Å². The van der Waals surface area contributed by atoms with Crippen LogP contribution in [0.2, 0.25) is 0 Å². The molecule has 2 rings (SSSR count). The Balaban J connectivity index is 1.81. The molecule has 21 heavy (non-hydrogen) atoms. The summed E-state index contributed by atoms with van der Waals surface area (Å²) in [5.74, 6) is 1.75. The third-order valence-electron chi connectivity index (χ3n) is 5.03. The zero-order valence-electron chi connectivity index (χ0n) is 14.4. The highest BCUT2D eigenvalue weighted by Crippen LogP contribution is 2.39. The molecule has 1 aliphatic rings. The first-order valence-corrected chi connectivity index (χ1v) is 8.37. The SMILES string of the molecule is CN(C)c1cccc(NCC2CCC(C(C)(C)C)CC2)c1. The molecule has 2 nitrogen and oxygen atoms in total. The summed E-state index contributed by atoms with van der Waals surface area (Å²) in [7, 11) is 4.18. The average Bonchev–Trinajstić information content (AvgIpc) is 2.45. The van der Waals surface area contributed by atoms with Crippen LogP contribution in [0.5, 0.6) is 0 Å². The molecular weight excluding hydrogens is 256 g/mol. The summed E-state index contributed by atoms with van der Waals surface area (Å²) in [6, 6.07) is 8.70. The molecule has 0 amide bonds. The Hall–Kier alpha value is -1.18. The lowest BCUT2D eigenvalue weighted by atomic mass is 9.70. The van der Waals surface area contributed by atoms with Gasteiger partial charge in [0.25, 0.3) is 0 Å². The van der Waals surface area contributed by atoms with Crippen LogP contribution >= 0.6 is 0 Å². The normalized spacial score (nSPS) is 22.9. The maximum absolute atomic E-state index is 3.64. The van der Waals surface area contributed by atoms with Crippen LogP contribution in [0.15, 0.2) is 24.3 Å². The van der Waals surface area contributed by atoms with E-state index in [1.807, 2.05) is 0 Å². The van der Waals surface area contributed by atoms with Crippen molar-refractivity contribution in [3.8, 4) is 0 Å². The summed E-state index contributed by atoms with van der Waals surface area (Å²) in [5, 5.41) is 3.64. The van der Waals surface area contributed by atoms with E-state index < -0.39 is 0 Å². The molecule has 0 unspecified atom stereocenters. The van der Waals surface area contributed by atoms with Crippen LogP contribution in [-0.2, 0) is 0 Å². The molecule has 0 spiro atoms. The predicted molar refractivity (Wildman–Crippen MR) is 94.2 cm³/mol. The molecule has 0 aromatic heterocycles. The Morgan fingerprint density at radius 3 is 2.33 bits per heavy atom. The van der Waals surface area contributed by atoms with Crippen molar-refractivity contribution in [1.82, 2.24) is 0 Å². The average molecular weight is 288 g/mol. The first kappa shape index (κ1) is 16.2. The second-order valence-electron chi connectivity index (χ2n) is 7.91. The van der Waals surface area contributed by atoms with Gasteiger partial charge in [0, 0.05) is 32.0 Å². The molecule has 118 valence electrons. The fourth-order valence-corrected chi connectivity index (χ4v) is 3.39. The van der Waals surface area contributed by atoms with Crippen molar-refractivity contribution < 1.29 is 0 Å². The van der Waals surface area contributed by atoms with Gasteiger partial charge in [0.2, 0.25) is 0 Å². The van der Waals surface area contributed by atoms with E-state index in [1.165, 1.54) is 37.1 Å².